The molecule has 0 amide bonds. The average molecular weight is 894 g/mol. The van der Waals surface area contributed by atoms with E-state index in [0.717, 1.165) is 83.8 Å². The maximum Gasteiger partial charge on any atom is 0.142 e. The molecule has 2 saturated heterocycles. The van der Waals surface area contributed by atoms with E-state index in [1.165, 1.54) is 38.5 Å². The number of rotatable bonds is 17. The Kier molecular flexibility index (Phi) is 15.3. The molecule has 64 heavy (non-hydrogen) atoms. The third-order valence-electron chi connectivity index (χ3n) is 11.5. The Balaban J connectivity index is 0.947. The molecule has 0 spiro atoms. The first-order valence-electron chi connectivity index (χ1n) is 21.9. The molecule has 0 unspecified atom stereocenters. The van der Waals surface area contributed by atoms with E-state index in [-0.39, 0.29) is 13.2 Å². The zero-order valence-corrected chi connectivity index (χ0v) is 37.3. The molecule has 6 aromatic rings. The van der Waals surface area contributed by atoms with Crippen molar-refractivity contribution in [1.29, 1.82) is 10.5 Å². The van der Waals surface area contributed by atoms with Gasteiger partial charge in [0.25, 0.3) is 0 Å². The highest BCUT2D eigenvalue weighted by Gasteiger charge is 2.19. The fourth-order valence-electron chi connectivity index (χ4n) is 8.19. The number of aromatic nitrogens is 2. The Morgan fingerprint density at radius 2 is 0.875 bits per heavy atom. The normalized spacial score (nSPS) is 14.3. The van der Waals surface area contributed by atoms with Crippen LogP contribution in [0, 0.1) is 22.7 Å². The first-order chi connectivity index (χ1) is 31.4. The number of benzene rings is 4. The van der Waals surface area contributed by atoms with Gasteiger partial charge in [-0.3, -0.25) is 19.8 Å². The molecule has 0 radical (unpaired) electrons. The summed E-state index contributed by atoms with van der Waals surface area (Å²) < 4.78 is 25.5. The van der Waals surface area contributed by atoms with Gasteiger partial charge in [0, 0.05) is 72.3 Å². The molecule has 0 aliphatic carbocycles. The van der Waals surface area contributed by atoms with Gasteiger partial charge in [0.05, 0.1) is 21.2 Å². The van der Waals surface area contributed by atoms with Crippen LogP contribution in [-0.4, -0.2) is 45.9 Å². The number of pyridine rings is 2. The van der Waals surface area contributed by atoms with Crippen LogP contribution in [0.1, 0.15) is 83.0 Å². The van der Waals surface area contributed by atoms with Crippen LogP contribution in [-0.2, 0) is 39.5 Å². The molecular formula is C52H50Cl2N6O4. The summed E-state index contributed by atoms with van der Waals surface area (Å²) in [6, 6.07) is 32.1. The fourth-order valence-corrected chi connectivity index (χ4v) is 8.67. The first kappa shape index (κ1) is 44.5. The highest BCUT2D eigenvalue weighted by atomic mass is 35.5. The third kappa shape index (κ3) is 12.1. The molecule has 2 aliphatic rings. The molecule has 4 heterocycles. The number of piperidine rings is 2. The van der Waals surface area contributed by atoms with E-state index in [1.54, 1.807) is 36.9 Å². The molecule has 2 fully saturated rings. The molecule has 8 rings (SSSR count). The third-order valence-corrected chi connectivity index (χ3v) is 12.1. The summed E-state index contributed by atoms with van der Waals surface area (Å²) in [5.74, 6) is 2.45. The van der Waals surface area contributed by atoms with E-state index in [4.69, 9.17) is 42.1 Å². The Hall–Kier alpha value is -6.14. The zero-order chi connectivity index (χ0) is 44.1. The van der Waals surface area contributed by atoms with Gasteiger partial charge < -0.3 is 18.9 Å². The SMILES string of the molecule is N#Cc1cncc(COc2cc(OCc3cccc(-c4cccc(COc5cc(OCc6cncc(C#N)c6)c(CN6CCCCC6)cc5Cl)c4)c3)c(Cl)cc2CN2CCCCC2)c1. The van der Waals surface area contributed by atoms with E-state index >= 15 is 0 Å². The lowest BCUT2D eigenvalue weighted by atomic mass is 10.0. The van der Waals surface area contributed by atoms with Crippen molar-refractivity contribution in [2.45, 2.75) is 78.0 Å². The monoisotopic (exact) mass is 892 g/mol. The van der Waals surface area contributed by atoms with Crippen LogP contribution in [0.4, 0.5) is 0 Å². The van der Waals surface area contributed by atoms with Gasteiger partial charge in [0.1, 0.15) is 61.6 Å². The van der Waals surface area contributed by atoms with Crippen molar-refractivity contribution in [2.75, 3.05) is 26.2 Å². The van der Waals surface area contributed by atoms with Crippen LogP contribution < -0.4 is 18.9 Å². The highest BCUT2D eigenvalue weighted by Crippen LogP contribution is 2.37. The number of halogens is 2. The summed E-state index contributed by atoms with van der Waals surface area (Å²) in [6.45, 7) is 6.71. The number of hydrogen-bond donors (Lipinski definition) is 0. The molecule has 12 heteroatoms. The fraction of sp³-hybridized carbons (Fsp3) is 0.308. The lowest BCUT2D eigenvalue weighted by Crippen LogP contribution is -2.29. The highest BCUT2D eigenvalue weighted by molar-refractivity contribution is 6.32. The van der Waals surface area contributed by atoms with Crippen LogP contribution in [0.2, 0.25) is 10.0 Å². The number of ether oxygens (including phenoxy) is 4. The molecule has 4 aromatic carbocycles. The Bertz CT molecular complexity index is 2450. The summed E-state index contributed by atoms with van der Waals surface area (Å²) >= 11 is 13.8. The van der Waals surface area contributed by atoms with Gasteiger partial charge in [-0.25, -0.2) is 0 Å². The van der Waals surface area contributed by atoms with Gasteiger partial charge in [-0.05, 0) is 111 Å². The summed E-state index contributed by atoms with van der Waals surface area (Å²) in [6.07, 6.45) is 13.7. The summed E-state index contributed by atoms with van der Waals surface area (Å²) in [7, 11) is 0. The van der Waals surface area contributed by atoms with Crippen molar-refractivity contribution in [1.82, 2.24) is 19.8 Å². The van der Waals surface area contributed by atoms with Crippen LogP contribution in [0.25, 0.3) is 11.1 Å². The quantitative estimate of drug-likeness (QED) is 0.0876. The molecule has 2 aromatic heterocycles. The molecule has 0 bridgehead atoms. The average Bonchev–Trinajstić information content (AvgIpc) is 3.33. The number of nitriles is 2. The maximum atomic E-state index is 9.37. The standard InChI is InChI=1S/C52H50Cl2N6O4/c53-47-21-45(31-59-13-3-1-4-14-59)49(61-35-41-17-39(25-55)27-57-29-41)23-51(47)63-33-37-9-7-11-43(19-37)44-12-8-10-38(20-44)34-64-52-24-50(62-36-42-18-40(26-56)28-58-30-42)46(22-48(52)54)32-60-15-5-2-6-16-60/h7-12,17-24,27-30H,1-6,13-16,31-36H2. The second-order valence-electron chi connectivity index (χ2n) is 16.4. The predicted octanol–water partition coefficient (Wildman–Crippen LogP) is 11.5. The smallest absolute Gasteiger partial charge is 0.142 e. The lowest BCUT2D eigenvalue weighted by Gasteiger charge is -2.27. The maximum absolute atomic E-state index is 9.37. The van der Waals surface area contributed by atoms with Crippen molar-refractivity contribution in [3.63, 3.8) is 0 Å². The van der Waals surface area contributed by atoms with Gasteiger partial charge in [0.2, 0.25) is 0 Å². The van der Waals surface area contributed by atoms with Crippen molar-refractivity contribution in [2.24, 2.45) is 0 Å². The van der Waals surface area contributed by atoms with Crippen LogP contribution in [0.5, 0.6) is 23.0 Å². The minimum Gasteiger partial charge on any atom is -0.488 e. The Morgan fingerprint density at radius 3 is 1.30 bits per heavy atom. The largest absolute Gasteiger partial charge is 0.488 e. The molecule has 0 saturated carbocycles. The number of nitrogens with zero attached hydrogens (tertiary/aromatic N) is 6. The van der Waals surface area contributed by atoms with Crippen molar-refractivity contribution < 1.29 is 18.9 Å². The van der Waals surface area contributed by atoms with E-state index in [1.807, 2.05) is 48.5 Å². The van der Waals surface area contributed by atoms with Crippen molar-refractivity contribution in [3.8, 4) is 46.3 Å². The Morgan fingerprint density at radius 1 is 0.469 bits per heavy atom. The second-order valence-corrected chi connectivity index (χ2v) is 17.2. The van der Waals surface area contributed by atoms with Gasteiger partial charge >= 0.3 is 0 Å². The molecule has 0 N–H and O–H groups in total. The van der Waals surface area contributed by atoms with Gasteiger partial charge in [-0.1, -0.05) is 72.4 Å². The molecule has 326 valence electrons. The van der Waals surface area contributed by atoms with Crippen molar-refractivity contribution >= 4 is 23.2 Å². The Labute approximate surface area is 385 Å². The van der Waals surface area contributed by atoms with Crippen molar-refractivity contribution in [3.05, 3.63) is 164 Å². The van der Waals surface area contributed by atoms with E-state index < -0.39 is 0 Å². The number of likely N-dealkylation sites (tertiary alicyclic amines) is 2. The van der Waals surface area contributed by atoms with Gasteiger partial charge in [-0.15, -0.1) is 0 Å². The van der Waals surface area contributed by atoms with E-state index in [2.05, 4.69) is 56.2 Å². The summed E-state index contributed by atoms with van der Waals surface area (Å²) in [5, 5.41) is 19.8. The lowest BCUT2D eigenvalue weighted by molar-refractivity contribution is 0.214. The molecule has 0 atom stereocenters. The van der Waals surface area contributed by atoms with Crippen LogP contribution >= 0.6 is 23.2 Å². The number of hydrogen-bond acceptors (Lipinski definition) is 10. The minimum atomic E-state index is 0.259. The van der Waals surface area contributed by atoms with Crippen LogP contribution in [0.3, 0.4) is 0 Å². The minimum absolute atomic E-state index is 0.259. The van der Waals surface area contributed by atoms with Gasteiger partial charge in [0.15, 0.2) is 0 Å². The first-order valence-corrected chi connectivity index (χ1v) is 22.6. The topological polar surface area (TPSA) is 117 Å². The predicted molar refractivity (Wildman–Crippen MR) is 248 cm³/mol. The van der Waals surface area contributed by atoms with E-state index in [9.17, 15) is 10.5 Å². The molecular weight excluding hydrogens is 844 g/mol. The zero-order valence-electron chi connectivity index (χ0n) is 35.8. The molecule has 2 aliphatic heterocycles. The molecule has 10 nitrogen and oxygen atoms in total. The van der Waals surface area contributed by atoms with E-state index in [0.29, 0.717) is 57.4 Å². The summed E-state index contributed by atoms with van der Waals surface area (Å²) in [5.41, 5.74) is 8.61. The summed E-state index contributed by atoms with van der Waals surface area (Å²) in [4.78, 5) is 13.3. The van der Waals surface area contributed by atoms with Crippen LogP contribution in [0.15, 0.2) is 110 Å². The second kappa shape index (κ2) is 22.0. The van der Waals surface area contributed by atoms with Gasteiger partial charge in [-0.2, -0.15) is 10.5 Å².